The Balaban J connectivity index is 1.84. The third-order valence-corrected chi connectivity index (χ3v) is 5.06. The molecule has 0 radical (unpaired) electrons. The van der Waals surface area contributed by atoms with E-state index in [-0.39, 0.29) is 11.7 Å². The van der Waals surface area contributed by atoms with Crippen molar-refractivity contribution in [3.8, 4) is 0 Å². The van der Waals surface area contributed by atoms with Gasteiger partial charge in [0.15, 0.2) is 5.65 Å². The number of aryl methyl sites for hydroxylation is 2. The van der Waals surface area contributed by atoms with Crippen molar-refractivity contribution in [3.63, 3.8) is 0 Å². The molecule has 1 fully saturated rings. The molecule has 2 aromatic rings. The molecule has 0 bridgehead atoms. The van der Waals surface area contributed by atoms with E-state index in [0.717, 1.165) is 68.4 Å². The Kier molecular flexibility index (Phi) is 6.74. The molecule has 0 aliphatic carbocycles. The van der Waals surface area contributed by atoms with Crippen molar-refractivity contribution in [2.24, 2.45) is 0 Å². The first-order chi connectivity index (χ1) is 13.5. The maximum atomic E-state index is 12.7. The van der Waals surface area contributed by atoms with Gasteiger partial charge in [-0.05, 0) is 39.3 Å². The number of anilines is 1. The van der Waals surface area contributed by atoms with E-state index in [2.05, 4.69) is 43.9 Å². The van der Waals surface area contributed by atoms with Gasteiger partial charge in [-0.3, -0.25) is 9.69 Å². The smallest absolute Gasteiger partial charge is 0.289 e. The zero-order chi connectivity index (χ0) is 20.1. The first kappa shape index (κ1) is 20.4. The number of carbonyl (C=O) groups excluding carboxylic acids is 1. The van der Waals surface area contributed by atoms with Gasteiger partial charge in [0.05, 0.1) is 18.6 Å². The zero-order valence-electron chi connectivity index (χ0n) is 17.3. The van der Waals surface area contributed by atoms with E-state index < -0.39 is 0 Å². The van der Waals surface area contributed by atoms with Crippen LogP contribution in [0.1, 0.15) is 35.7 Å². The lowest BCUT2D eigenvalue weighted by Crippen LogP contribution is -2.41. The van der Waals surface area contributed by atoms with E-state index in [1.54, 1.807) is 0 Å². The standard InChI is InChI=1S/C20H30N6O2/c1-5-26(6-2)19-16-14(3)13-15(4)22-17(16)23-18(24-19)20(27)21-7-8-25-9-11-28-12-10-25/h13H,5-12H2,1-4H3,(H,21,27). The van der Waals surface area contributed by atoms with Crippen LogP contribution in [0.15, 0.2) is 6.07 Å². The van der Waals surface area contributed by atoms with E-state index in [0.29, 0.717) is 12.2 Å². The van der Waals surface area contributed by atoms with Gasteiger partial charge < -0.3 is 15.0 Å². The monoisotopic (exact) mass is 386 g/mol. The number of fused-ring (bicyclic) bond motifs is 1. The van der Waals surface area contributed by atoms with E-state index in [4.69, 9.17) is 4.74 Å². The highest BCUT2D eigenvalue weighted by molar-refractivity contribution is 5.96. The van der Waals surface area contributed by atoms with Gasteiger partial charge >= 0.3 is 0 Å². The number of amides is 1. The Morgan fingerprint density at radius 2 is 1.89 bits per heavy atom. The summed E-state index contributed by atoms with van der Waals surface area (Å²) in [5.74, 6) is 0.691. The average Bonchev–Trinajstić information content (AvgIpc) is 2.69. The van der Waals surface area contributed by atoms with Crippen molar-refractivity contribution in [1.82, 2.24) is 25.2 Å². The minimum atomic E-state index is -0.260. The summed E-state index contributed by atoms with van der Waals surface area (Å²) in [4.78, 5) is 30.8. The third-order valence-electron chi connectivity index (χ3n) is 5.06. The summed E-state index contributed by atoms with van der Waals surface area (Å²) in [5.41, 5.74) is 2.53. The van der Waals surface area contributed by atoms with Crippen molar-refractivity contribution >= 4 is 22.8 Å². The molecule has 0 atom stereocenters. The number of aromatic nitrogens is 3. The maximum absolute atomic E-state index is 12.7. The highest BCUT2D eigenvalue weighted by Gasteiger charge is 2.19. The lowest BCUT2D eigenvalue weighted by Gasteiger charge is -2.26. The van der Waals surface area contributed by atoms with Crippen LogP contribution in [0.3, 0.4) is 0 Å². The molecule has 3 heterocycles. The number of pyridine rings is 1. The van der Waals surface area contributed by atoms with Crippen LogP contribution in [0, 0.1) is 13.8 Å². The minimum absolute atomic E-state index is 0.175. The van der Waals surface area contributed by atoms with Crippen LogP contribution in [0.2, 0.25) is 0 Å². The van der Waals surface area contributed by atoms with E-state index >= 15 is 0 Å². The normalized spacial score (nSPS) is 15.0. The molecule has 1 aliphatic heterocycles. The fourth-order valence-corrected chi connectivity index (χ4v) is 3.54. The van der Waals surface area contributed by atoms with Gasteiger partial charge in [0, 0.05) is 45.0 Å². The Morgan fingerprint density at radius 1 is 1.18 bits per heavy atom. The number of carbonyl (C=O) groups is 1. The second kappa shape index (κ2) is 9.25. The van der Waals surface area contributed by atoms with Crippen molar-refractivity contribution < 1.29 is 9.53 Å². The van der Waals surface area contributed by atoms with Crippen LogP contribution in [-0.2, 0) is 4.74 Å². The molecule has 2 aromatic heterocycles. The molecule has 1 saturated heterocycles. The summed E-state index contributed by atoms with van der Waals surface area (Å²) in [6, 6.07) is 2.03. The molecule has 0 spiro atoms. The summed E-state index contributed by atoms with van der Waals surface area (Å²) < 4.78 is 5.35. The fraction of sp³-hybridized carbons (Fsp3) is 0.600. The highest BCUT2D eigenvalue weighted by Crippen LogP contribution is 2.26. The first-order valence-electron chi connectivity index (χ1n) is 10.0. The molecule has 8 heteroatoms. The predicted molar refractivity (Wildman–Crippen MR) is 110 cm³/mol. The molecule has 1 N–H and O–H groups in total. The maximum Gasteiger partial charge on any atom is 0.289 e. The van der Waals surface area contributed by atoms with Crippen LogP contribution < -0.4 is 10.2 Å². The van der Waals surface area contributed by atoms with Gasteiger partial charge in [-0.25, -0.2) is 15.0 Å². The highest BCUT2D eigenvalue weighted by atomic mass is 16.5. The topological polar surface area (TPSA) is 83.5 Å². The summed E-state index contributed by atoms with van der Waals surface area (Å²) in [6.45, 7) is 14.4. The Bertz CT molecular complexity index is 831. The number of ether oxygens (including phenoxy) is 1. The summed E-state index contributed by atoms with van der Waals surface area (Å²) in [5, 5.41) is 3.87. The van der Waals surface area contributed by atoms with Gasteiger partial charge in [-0.15, -0.1) is 0 Å². The summed E-state index contributed by atoms with van der Waals surface area (Å²) in [6.07, 6.45) is 0. The van der Waals surface area contributed by atoms with Gasteiger partial charge in [0.1, 0.15) is 5.82 Å². The van der Waals surface area contributed by atoms with Crippen LogP contribution in [-0.4, -0.2) is 78.2 Å². The quantitative estimate of drug-likeness (QED) is 0.773. The third kappa shape index (κ3) is 4.56. The Morgan fingerprint density at radius 3 is 2.57 bits per heavy atom. The second-order valence-electron chi connectivity index (χ2n) is 7.03. The molecule has 152 valence electrons. The van der Waals surface area contributed by atoms with Gasteiger partial charge in [-0.2, -0.15) is 0 Å². The molecule has 1 aliphatic rings. The molecule has 8 nitrogen and oxygen atoms in total. The second-order valence-corrected chi connectivity index (χ2v) is 7.03. The molecule has 3 rings (SSSR count). The van der Waals surface area contributed by atoms with Crippen LogP contribution >= 0.6 is 0 Å². The fourth-order valence-electron chi connectivity index (χ4n) is 3.54. The van der Waals surface area contributed by atoms with E-state index in [9.17, 15) is 4.79 Å². The Labute approximate surface area is 166 Å². The summed E-state index contributed by atoms with van der Waals surface area (Å²) in [7, 11) is 0. The molecule has 28 heavy (non-hydrogen) atoms. The largest absolute Gasteiger partial charge is 0.379 e. The Hall–Kier alpha value is -2.32. The van der Waals surface area contributed by atoms with Crippen LogP contribution in [0.25, 0.3) is 11.0 Å². The van der Waals surface area contributed by atoms with Crippen molar-refractivity contribution in [1.29, 1.82) is 0 Å². The van der Waals surface area contributed by atoms with Crippen molar-refractivity contribution in [2.75, 3.05) is 57.4 Å². The van der Waals surface area contributed by atoms with Gasteiger partial charge in [0.25, 0.3) is 5.91 Å². The molecular weight excluding hydrogens is 356 g/mol. The van der Waals surface area contributed by atoms with Crippen LogP contribution in [0.4, 0.5) is 5.82 Å². The number of rotatable bonds is 7. The van der Waals surface area contributed by atoms with Crippen LogP contribution in [0.5, 0.6) is 0 Å². The lowest BCUT2D eigenvalue weighted by atomic mass is 10.1. The van der Waals surface area contributed by atoms with E-state index in [1.807, 2.05) is 19.9 Å². The van der Waals surface area contributed by atoms with Gasteiger partial charge in [-0.1, -0.05) is 0 Å². The minimum Gasteiger partial charge on any atom is -0.379 e. The predicted octanol–water partition coefficient (Wildman–Crippen LogP) is 1.55. The number of morpholine rings is 1. The average molecular weight is 387 g/mol. The number of hydrogen-bond acceptors (Lipinski definition) is 7. The molecule has 0 aromatic carbocycles. The van der Waals surface area contributed by atoms with Crippen molar-refractivity contribution in [3.05, 3.63) is 23.1 Å². The molecule has 1 amide bonds. The summed E-state index contributed by atoms with van der Waals surface area (Å²) >= 11 is 0. The lowest BCUT2D eigenvalue weighted by molar-refractivity contribution is 0.0383. The zero-order valence-corrected chi connectivity index (χ0v) is 17.3. The first-order valence-corrected chi connectivity index (χ1v) is 10.0. The molecule has 0 unspecified atom stereocenters. The number of nitrogens with one attached hydrogen (secondary N) is 1. The number of hydrogen-bond donors (Lipinski definition) is 1. The number of nitrogens with zero attached hydrogens (tertiary/aromatic N) is 5. The molecular formula is C20H30N6O2. The molecule has 0 saturated carbocycles. The van der Waals surface area contributed by atoms with Gasteiger partial charge in [0.2, 0.25) is 5.82 Å². The van der Waals surface area contributed by atoms with Crippen molar-refractivity contribution in [2.45, 2.75) is 27.7 Å². The SMILES string of the molecule is CCN(CC)c1nc(C(=O)NCCN2CCOCC2)nc2nc(C)cc(C)c12. The van der Waals surface area contributed by atoms with E-state index in [1.165, 1.54) is 0 Å².